The van der Waals surface area contributed by atoms with Crippen LogP contribution in [0.25, 0.3) is 0 Å². The minimum absolute atomic E-state index is 0.278. The molecule has 0 heterocycles. The Morgan fingerprint density at radius 3 is 2.06 bits per heavy atom. The molecule has 0 saturated carbocycles. The van der Waals surface area contributed by atoms with E-state index in [9.17, 15) is 17.6 Å². The molecule has 94 valence electrons. The molecule has 0 aliphatic rings. The first-order valence-electron chi connectivity index (χ1n) is 5.07. The van der Waals surface area contributed by atoms with Gasteiger partial charge >= 0.3 is 0 Å². The van der Waals surface area contributed by atoms with Crippen molar-refractivity contribution in [2.24, 2.45) is 0 Å². The number of halogens is 4. The molecule has 2 aromatic carbocycles. The number of rotatable bonds is 3. The van der Waals surface area contributed by atoms with Crippen molar-refractivity contribution in [2.45, 2.75) is 10.6 Å². The Morgan fingerprint density at radius 2 is 1.44 bits per heavy atom. The minimum Gasteiger partial charge on any atom is -0.207 e. The van der Waals surface area contributed by atoms with Crippen molar-refractivity contribution in [1.29, 1.82) is 0 Å². The van der Waals surface area contributed by atoms with Gasteiger partial charge in [-0.1, -0.05) is 0 Å². The predicted molar refractivity (Wildman–Crippen MR) is 62.3 cm³/mol. The molecule has 0 aliphatic carbocycles. The number of hydrogen-bond donors (Lipinski definition) is 0. The van der Waals surface area contributed by atoms with Gasteiger partial charge in [-0.3, -0.25) is 0 Å². The Morgan fingerprint density at radius 1 is 0.778 bits per heavy atom. The molecule has 2 aromatic rings. The first-order chi connectivity index (χ1) is 8.54. The van der Waals surface area contributed by atoms with Gasteiger partial charge in [0, 0.05) is 16.7 Å². The van der Waals surface area contributed by atoms with Crippen molar-refractivity contribution in [1.82, 2.24) is 0 Å². The summed E-state index contributed by atoms with van der Waals surface area (Å²) in [5.74, 6) is -2.90. The summed E-state index contributed by atoms with van der Waals surface area (Å²) in [5.41, 5.74) is 0.447. The molecule has 0 bridgehead atoms. The highest BCUT2D eigenvalue weighted by Crippen LogP contribution is 2.25. The molecule has 0 aromatic heterocycles. The monoisotopic (exact) mass is 272 g/mol. The van der Waals surface area contributed by atoms with Crippen molar-refractivity contribution in [3.63, 3.8) is 0 Å². The van der Waals surface area contributed by atoms with Gasteiger partial charge in [-0.25, -0.2) is 17.6 Å². The quantitative estimate of drug-likeness (QED) is 0.584. The van der Waals surface area contributed by atoms with E-state index in [-0.39, 0.29) is 5.75 Å². The summed E-state index contributed by atoms with van der Waals surface area (Å²) in [5, 5.41) is 0. The second-order valence-electron chi connectivity index (χ2n) is 3.64. The van der Waals surface area contributed by atoms with Crippen LogP contribution in [0.1, 0.15) is 5.56 Å². The lowest BCUT2D eigenvalue weighted by Gasteiger charge is -2.03. The van der Waals surface area contributed by atoms with Crippen LogP contribution >= 0.6 is 11.8 Å². The van der Waals surface area contributed by atoms with Crippen LogP contribution < -0.4 is 0 Å². The van der Waals surface area contributed by atoms with Crippen LogP contribution in [0.5, 0.6) is 0 Å². The van der Waals surface area contributed by atoms with Gasteiger partial charge in [0.05, 0.1) is 0 Å². The van der Waals surface area contributed by atoms with Gasteiger partial charge in [-0.05, 0) is 35.9 Å². The van der Waals surface area contributed by atoms with Gasteiger partial charge in [-0.15, -0.1) is 11.8 Å². The normalized spacial score (nSPS) is 10.7. The van der Waals surface area contributed by atoms with E-state index in [0.29, 0.717) is 10.5 Å². The van der Waals surface area contributed by atoms with Crippen molar-refractivity contribution in [3.05, 3.63) is 65.2 Å². The van der Waals surface area contributed by atoms with Crippen molar-refractivity contribution < 1.29 is 17.6 Å². The Balaban J connectivity index is 2.08. The van der Waals surface area contributed by atoms with Crippen LogP contribution in [0.3, 0.4) is 0 Å². The summed E-state index contributed by atoms with van der Waals surface area (Å²) in [6.07, 6.45) is 0. The number of hydrogen-bond acceptors (Lipinski definition) is 1. The molecule has 0 unspecified atom stereocenters. The maximum Gasteiger partial charge on any atom is 0.159 e. The standard InChI is InChI=1S/C13H8F4S/c14-9-3-8(4-10(15)5-9)7-18-11-1-2-12(16)13(17)6-11/h1-6H,7H2. The lowest BCUT2D eigenvalue weighted by molar-refractivity contribution is 0.506. The van der Waals surface area contributed by atoms with E-state index in [2.05, 4.69) is 0 Å². The number of thioether (sulfide) groups is 1. The molecule has 0 saturated heterocycles. The highest BCUT2D eigenvalue weighted by Gasteiger charge is 2.05. The molecule has 0 N–H and O–H groups in total. The summed E-state index contributed by atoms with van der Waals surface area (Å²) < 4.78 is 51.4. The van der Waals surface area contributed by atoms with Crippen LogP contribution in [0, 0.1) is 23.3 Å². The smallest absolute Gasteiger partial charge is 0.159 e. The van der Waals surface area contributed by atoms with Gasteiger partial charge < -0.3 is 0 Å². The molecule has 0 nitrogen and oxygen atoms in total. The van der Waals surface area contributed by atoms with E-state index in [1.165, 1.54) is 30.0 Å². The highest BCUT2D eigenvalue weighted by molar-refractivity contribution is 7.98. The first-order valence-corrected chi connectivity index (χ1v) is 6.06. The fraction of sp³-hybridized carbons (Fsp3) is 0.0769. The average Bonchev–Trinajstić information content (AvgIpc) is 2.29. The van der Waals surface area contributed by atoms with E-state index in [4.69, 9.17) is 0 Å². The van der Waals surface area contributed by atoms with E-state index in [1.54, 1.807) is 0 Å². The summed E-state index contributed by atoms with van der Waals surface area (Å²) in [7, 11) is 0. The molecule has 5 heteroatoms. The molecular formula is C13H8F4S. The van der Waals surface area contributed by atoms with Crippen LogP contribution in [-0.2, 0) is 5.75 Å². The molecule has 0 spiro atoms. The highest BCUT2D eigenvalue weighted by atomic mass is 32.2. The predicted octanol–water partition coefficient (Wildman–Crippen LogP) is 4.54. The zero-order valence-electron chi connectivity index (χ0n) is 9.09. The van der Waals surface area contributed by atoms with Gasteiger partial charge in [0.15, 0.2) is 11.6 Å². The molecule has 0 aliphatic heterocycles. The SMILES string of the molecule is Fc1cc(F)cc(CSc2ccc(F)c(F)c2)c1. The Kier molecular flexibility index (Phi) is 3.91. The van der Waals surface area contributed by atoms with Crippen molar-refractivity contribution in [2.75, 3.05) is 0 Å². The van der Waals surface area contributed by atoms with Gasteiger partial charge in [0.2, 0.25) is 0 Å². The lowest BCUT2D eigenvalue weighted by atomic mass is 10.2. The molecule has 18 heavy (non-hydrogen) atoms. The molecular weight excluding hydrogens is 264 g/mol. The Hall–Kier alpha value is -1.49. The third-order valence-electron chi connectivity index (χ3n) is 2.22. The maximum atomic E-state index is 12.9. The average molecular weight is 272 g/mol. The second kappa shape index (κ2) is 5.44. The summed E-state index contributed by atoms with van der Waals surface area (Å²) in [4.78, 5) is 0.499. The number of benzene rings is 2. The van der Waals surface area contributed by atoms with E-state index >= 15 is 0 Å². The third kappa shape index (κ3) is 3.26. The van der Waals surface area contributed by atoms with Gasteiger partial charge in [0.25, 0.3) is 0 Å². The summed E-state index contributed by atoms with van der Waals surface area (Å²) in [6, 6.07) is 6.68. The van der Waals surface area contributed by atoms with E-state index < -0.39 is 23.3 Å². The van der Waals surface area contributed by atoms with E-state index in [0.717, 1.165) is 18.2 Å². The van der Waals surface area contributed by atoms with Crippen molar-refractivity contribution in [3.8, 4) is 0 Å². The fourth-order valence-electron chi connectivity index (χ4n) is 1.43. The topological polar surface area (TPSA) is 0 Å². The molecule has 0 radical (unpaired) electrons. The van der Waals surface area contributed by atoms with Crippen LogP contribution in [-0.4, -0.2) is 0 Å². The zero-order chi connectivity index (χ0) is 13.1. The Bertz CT molecular complexity index is 549. The molecule has 0 amide bonds. The van der Waals surface area contributed by atoms with Gasteiger partial charge in [-0.2, -0.15) is 0 Å². The summed E-state index contributed by atoms with van der Waals surface area (Å²) in [6.45, 7) is 0. The second-order valence-corrected chi connectivity index (χ2v) is 4.69. The lowest BCUT2D eigenvalue weighted by Crippen LogP contribution is -1.88. The molecule has 0 fully saturated rings. The zero-order valence-corrected chi connectivity index (χ0v) is 9.91. The maximum absolute atomic E-state index is 12.9. The fourth-order valence-corrected chi connectivity index (χ4v) is 2.28. The summed E-state index contributed by atoms with van der Waals surface area (Å²) >= 11 is 1.17. The van der Waals surface area contributed by atoms with E-state index in [1.807, 2.05) is 0 Å². The van der Waals surface area contributed by atoms with Crippen LogP contribution in [0.2, 0.25) is 0 Å². The Labute approximate surface area is 106 Å². The largest absolute Gasteiger partial charge is 0.207 e. The molecule has 2 rings (SSSR count). The van der Waals surface area contributed by atoms with Crippen LogP contribution in [0.15, 0.2) is 41.3 Å². The van der Waals surface area contributed by atoms with Gasteiger partial charge in [0.1, 0.15) is 11.6 Å². The minimum atomic E-state index is -0.939. The third-order valence-corrected chi connectivity index (χ3v) is 3.28. The first kappa shape index (κ1) is 13.0. The van der Waals surface area contributed by atoms with Crippen LogP contribution in [0.4, 0.5) is 17.6 Å². The molecule has 0 atom stereocenters. The van der Waals surface area contributed by atoms with Crippen molar-refractivity contribution >= 4 is 11.8 Å².